The summed E-state index contributed by atoms with van der Waals surface area (Å²) in [5.41, 5.74) is 1.10. The minimum atomic E-state index is 0.396. The molecule has 0 radical (unpaired) electrons. The lowest BCUT2D eigenvalue weighted by molar-refractivity contribution is 0.482. The molecule has 1 heterocycles. The number of alkyl halides is 1. The lowest BCUT2D eigenvalue weighted by atomic mass is 10.2. The Bertz CT molecular complexity index is 447. The Kier molecular flexibility index (Phi) is 2.30. The summed E-state index contributed by atoms with van der Waals surface area (Å²) < 4.78 is 0.986. The fourth-order valence-corrected chi connectivity index (χ4v) is 2.81. The zero-order valence-electron chi connectivity index (χ0n) is 7.17. The number of halogens is 1. The number of phenolic OH excluding ortho intramolecular Hbond substituents is 1. The van der Waals surface area contributed by atoms with Crippen LogP contribution in [-0.2, 0) is 5.33 Å². The van der Waals surface area contributed by atoms with Crippen molar-refractivity contribution in [2.45, 2.75) is 12.3 Å². The van der Waals surface area contributed by atoms with Crippen molar-refractivity contribution in [1.82, 2.24) is 0 Å². The second-order valence-electron chi connectivity index (χ2n) is 3.05. The highest BCUT2D eigenvalue weighted by Crippen LogP contribution is 2.34. The molecule has 0 bridgehead atoms. The highest BCUT2D eigenvalue weighted by Gasteiger charge is 2.05. The van der Waals surface area contributed by atoms with Crippen LogP contribution in [0.1, 0.15) is 10.4 Å². The predicted molar refractivity (Wildman–Crippen MR) is 60.9 cm³/mol. The number of benzene rings is 1. The minimum Gasteiger partial charge on any atom is -0.506 e. The van der Waals surface area contributed by atoms with E-state index in [0.717, 1.165) is 21.0 Å². The maximum absolute atomic E-state index is 9.66. The first-order chi connectivity index (χ1) is 6.20. The highest BCUT2D eigenvalue weighted by atomic mass is 79.9. The fourth-order valence-electron chi connectivity index (χ4n) is 1.40. The van der Waals surface area contributed by atoms with Crippen molar-refractivity contribution in [1.29, 1.82) is 0 Å². The Labute approximate surface area is 89.1 Å². The van der Waals surface area contributed by atoms with Crippen LogP contribution in [0.3, 0.4) is 0 Å². The van der Waals surface area contributed by atoms with E-state index in [1.54, 1.807) is 17.4 Å². The normalized spacial score (nSPS) is 10.9. The van der Waals surface area contributed by atoms with Gasteiger partial charge in [0.05, 0.1) is 4.70 Å². The molecule has 0 aliphatic heterocycles. The number of hydrogen-bond donors (Lipinski definition) is 1. The van der Waals surface area contributed by atoms with Crippen molar-refractivity contribution >= 4 is 37.4 Å². The monoisotopic (exact) mass is 256 g/mol. The molecule has 0 fully saturated rings. The van der Waals surface area contributed by atoms with E-state index in [2.05, 4.69) is 28.1 Å². The summed E-state index contributed by atoms with van der Waals surface area (Å²) in [7, 11) is 0. The van der Waals surface area contributed by atoms with E-state index in [9.17, 15) is 5.11 Å². The van der Waals surface area contributed by atoms with E-state index in [0.29, 0.717) is 5.75 Å². The van der Waals surface area contributed by atoms with Crippen LogP contribution >= 0.6 is 27.3 Å². The number of aryl methyl sites for hydroxylation is 1. The van der Waals surface area contributed by atoms with Gasteiger partial charge in [0.25, 0.3) is 0 Å². The molecule has 1 aromatic carbocycles. The van der Waals surface area contributed by atoms with Crippen molar-refractivity contribution in [2.75, 3.05) is 0 Å². The molecule has 0 saturated heterocycles. The van der Waals surface area contributed by atoms with E-state index in [-0.39, 0.29) is 0 Å². The summed E-state index contributed by atoms with van der Waals surface area (Å²) >= 11 is 5.04. The summed E-state index contributed by atoms with van der Waals surface area (Å²) in [5, 5.41) is 11.6. The number of fused-ring (bicyclic) bond motifs is 1. The summed E-state index contributed by atoms with van der Waals surface area (Å²) in [4.78, 5) is 1.25. The van der Waals surface area contributed by atoms with Crippen molar-refractivity contribution in [3.63, 3.8) is 0 Å². The maximum atomic E-state index is 9.66. The van der Waals surface area contributed by atoms with Crippen LogP contribution in [-0.4, -0.2) is 5.11 Å². The zero-order chi connectivity index (χ0) is 9.42. The first-order valence-electron chi connectivity index (χ1n) is 3.98. The van der Waals surface area contributed by atoms with Gasteiger partial charge >= 0.3 is 0 Å². The second-order valence-corrected chi connectivity index (χ2v) is 4.75. The summed E-state index contributed by atoms with van der Waals surface area (Å²) in [6, 6.07) is 6.01. The molecule has 0 aliphatic rings. The van der Waals surface area contributed by atoms with Crippen molar-refractivity contribution in [2.24, 2.45) is 0 Å². The van der Waals surface area contributed by atoms with Crippen LogP contribution in [0, 0.1) is 6.92 Å². The summed E-state index contributed by atoms with van der Waals surface area (Å²) in [5.74, 6) is 0.396. The number of rotatable bonds is 1. The highest BCUT2D eigenvalue weighted by molar-refractivity contribution is 9.08. The number of phenols is 1. The van der Waals surface area contributed by atoms with E-state index < -0.39 is 0 Å². The lowest BCUT2D eigenvalue weighted by Crippen LogP contribution is -1.70. The Balaban J connectivity index is 2.75. The van der Waals surface area contributed by atoms with Gasteiger partial charge in [0.15, 0.2) is 0 Å². The molecule has 2 rings (SSSR count). The van der Waals surface area contributed by atoms with E-state index >= 15 is 0 Å². The van der Waals surface area contributed by atoms with Crippen molar-refractivity contribution in [3.05, 3.63) is 28.6 Å². The number of thiophene rings is 1. The van der Waals surface area contributed by atoms with Gasteiger partial charge in [-0.05, 0) is 30.0 Å². The largest absolute Gasteiger partial charge is 0.506 e. The second kappa shape index (κ2) is 3.31. The smallest absolute Gasteiger partial charge is 0.133 e. The molecule has 0 aliphatic carbocycles. The topological polar surface area (TPSA) is 20.2 Å². The van der Waals surface area contributed by atoms with Gasteiger partial charge in [0.1, 0.15) is 5.75 Å². The molecule has 0 unspecified atom stereocenters. The third-order valence-corrected chi connectivity index (χ3v) is 4.07. The summed E-state index contributed by atoms with van der Waals surface area (Å²) in [6.45, 7) is 1.99. The molecule has 0 amide bonds. The first kappa shape index (κ1) is 9.03. The van der Waals surface area contributed by atoms with Gasteiger partial charge in [0, 0.05) is 10.2 Å². The molecule has 3 heteroatoms. The molecule has 0 atom stereocenters. The van der Waals surface area contributed by atoms with Gasteiger partial charge in [-0.1, -0.05) is 22.0 Å². The molecular formula is C10H9BrOS. The average Bonchev–Trinajstić information content (AvgIpc) is 2.47. The summed E-state index contributed by atoms with van der Waals surface area (Å²) in [6.07, 6.45) is 0. The van der Waals surface area contributed by atoms with Gasteiger partial charge in [-0.2, -0.15) is 0 Å². The third kappa shape index (κ3) is 1.58. The molecule has 13 heavy (non-hydrogen) atoms. The van der Waals surface area contributed by atoms with Gasteiger partial charge in [-0.15, -0.1) is 11.3 Å². The molecular weight excluding hydrogens is 248 g/mol. The molecule has 1 N–H and O–H groups in total. The van der Waals surface area contributed by atoms with Crippen LogP contribution < -0.4 is 0 Å². The SMILES string of the molecule is Cc1cc(O)c2sc(CBr)cc2c1. The first-order valence-corrected chi connectivity index (χ1v) is 5.92. The van der Waals surface area contributed by atoms with Crippen LogP contribution in [0.25, 0.3) is 10.1 Å². The van der Waals surface area contributed by atoms with E-state index in [1.807, 2.05) is 6.92 Å². The minimum absolute atomic E-state index is 0.396. The van der Waals surface area contributed by atoms with Crippen LogP contribution in [0.2, 0.25) is 0 Å². The van der Waals surface area contributed by atoms with Crippen molar-refractivity contribution in [3.8, 4) is 5.75 Å². The predicted octanol–water partition coefficient (Wildman–Crippen LogP) is 3.81. The van der Waals surface area contributed by atoms with E-state index in [1.165, 1.54) is 4.88 Å². The van der Waals surface area contributed by atoms with Crippen LogP contribution in [0.4, 0.5) is 0 Å². The van der Waals surface area contributed by atoms with Gasteiger partial charge in [0.2, 0.25) is 0 Å². The number of hydrogen-bond acceptors (Lipinski definition) is 2. The Morgan fingerprint density at radius 2 is 2.15 bits per heavy atom. The van der Waals surface area contributed by atoms with Gasteiger partial charge in [-0.25, -0.2) is 0 Å². The van der Waals surface area contributed by atoms with Gasteiger partial charge < -0.3 is 5.11 Å². The molecule has 1 aromatic heterocycles. The standard InChI is InChI=1S/C10H9BrOS/c1-6-2-7-4-8(5-11)13-10(7)9(12)3-6/h2-4,12H,5H2,1H3. The lowest BCUT2D eigenvalue weighted by Gasteiger charge is -1.95. The van der Waals surface area contributed by atoms with Crippen molar-refractivity contribution < 1.29 is 5.11 Å². The van der Waals surface area contributed by atoms with Gasteiger partial charge in [-0.3, -0.25) is 0 Å². The number of aromatic hydroxyl groups is 1. The maximum Gasteiger partial charge on any atom is 0.133 e. The molecule has 1 nitrogen and oxygen atoms in total. The molecule has 2 aromatic rings. The van der Waals surface area contributed by atoms with Crippen LogP contribution in [0.15, 0.2) is 18.2 Å². The van der Waals surface area contributed by atoms with E-state index in [4.69, 9.17) is 0 Å². The average molecular weight is 257 g/mol. The molecule has 0 spiro atoms. The molecule has 0 saturated carbocycles. The molecule has 68 valence electrons. The Morgan fingerprint density at radius 1 is 1.38 bits per heavy atom. The fraction of sp³-hybridized carbons (Fsp3) is 0.200. The van der Waals surface area contributed by atoms with Crippen LogP contribution in [0.5, 0.6) is 5.75 Å². The Hall–Kier alpha value is -0.540. The Morgan fingerprint density at radius 3 is 2.85 bits per heavy atom. The quantitative estimate of drug-likeness (QED) is 0.770. The zero-order valence-corrected chi connectivity index (χ0v) is 9.58. The third-order valence-electron chi connectivity index (χ3n) is 1.92.